The number of rotatable bonds is 11. The predicted molar refractivity (Wildman–Crippen MR) is 148 cm³/mol. The van der Waals surface area contributed by atoms with Crippen LogP contribution in [0.4, 0.5) is 5.69 Å². The minimum Gasteiger partial charge on any atom is -0.494 e. The monoisotopic (exact) mass is 510 g/mol. The third-order valence-corrected chi connectivity index (χ3v) is 7.09. The van der Waals surface area contributed by atoms with Gasteiger partial charge in [-0.25, -0.2) is 4.99 Å². The second-order valence-corrected chi connectivity index (χ2v) is 9.87. The average Bonchev–Trinajstić information content (AvgIpc) is 3.30. The van der Waals surface area contributed by atoms with Crippen LogP contribution >= 0.6 is 0 Å². The molecule has 38 heavy (non-hydrogen) atoms. The summed E-state index contributed by atoms with van der Waals surface area (Å²) in [6.45, 7) is 1.66. The highest BCUT2D eigenvalue weighted by atomic mass is 16.5. The zero-order valence-electron chi connectivity index (χ0n) is 21.8. The van der Waals surface area contributed by atoms with Crippen molar-refractivity contribution >= 4 is 23.5 Å². The van der Waals surface area contributed by atoms with Gasteiger partial charge in [-0.05, 0) is 35.6 Å². The molecule has 0 aromatic heterocycles. The zero-order chi connectivity index (χ0) is 26.3. The fourth-order valence-corrected chi connectivity index (χ4v) is 5.06. The third kappa shape index (κ3) is 6.05. The van der Waals surface area contributed by atoms with Crippen LogP contribution in [0.25, 0.3) is 0 Å². The van der Waals surface area contributed by atoms with Crippen LogP contribution in [0.3, 0.4) is 0 Å². The van der Waals surface area contributed by atoms with E-state index in [1.165, 1.54) is 0 Å². The number of nitrogens with zero attached hydrogens (tertiary/aromatic N) is 3. The van der Waals surface area contributed by atoms with E-state index < -0.39 is 0 Å². The molecular weight excluding hydrogens is 476 g/mol. The standard InChI is InChI=1S/C31H34N4O3/c1-34(30(23-12-6-4-7-13-23)24-14-8-5-9-15-24)29(37)16-10-2-3-11-19-38-26-18-17-25-21-35-22-28(36)33-31(35)32-27(25)20-26/h4-9,12-15,17-18,20,30H,2-3,10-11,16,19,21-22H2,1H3,(H,32,33,36). The van der Waals surface area contributed by atoms with Crippen molar-refractivity contribution in [2.75, 3.05) is 20.2 Å². The quantitative estimate of drug-likeness (QED) is 0.360. The fraction of sp³-hybridized carbons (Fsp3) is 0.323. The molecule has 0 radical (unpaired) electrons. The van der Waals surface area contributed by atoms with E-state index in [4.69, 9.17) is 4.74 Å². The van der Waals surface area contributed by atoms with E-state index in [2.05, 4.69) is 34.6 Å². The lowest BCUT2D eigenvalue weighted by molar-refractivity contribution is -0.131. The van der Waals surface area contributed by atoms with Gasteiger partial charge in [-0.1, -0.05) is 79.6 Å². The number of carbonyl (C=O) groups is 2. The van der Waals surface area contributed by atoms with E-state index in [-0.39, 0.29) is 17.9 Å². The van der Waals surface area contributed by atoms with Crippen molar-refractivity contribution < 1.29 is 14.3 Å². The number of benzene rings is 3. The summed E-state index contributed by atoms with van der Waals surface area (Å²) in [5.74, 6) is 1.55. The molecule has 7 heteroatoms. The van der Waals surface area contributed by atoms with Gasteiger partial charge in [0.1, 0.15) is 12.3 Å². The number of amides is 2. The lowest BCUT2D eigenvalue weighted by atomic mass is 9.97. The molecule has 0 bridgehead atoms. The molecule has 3 aromatic carbocycles. The van der Waals surface area contributed by atoms with E-state index in [0.717, 1.165) is 53.8 Å². The van der Waals surface area contributed by atoms with Gasteiger partial charge in [0.2, 0.25) is 17.8 Å². The number of hydrogen-bond acceptors (Lipinski definition) is 5. The molecule has 2 amide bonds. The normalized spacial score (nSPS) is 14.0. The molecule has 0 saturated carbocycles. The largest absolute Gasteiger partial charge is 0.494 e. The molecule has 2 aliphatic heterocycles. The number of guanidine groups is 1. The Labute approximate surface area is 224 Å². The van der Waals surface area contributed by atoms with Crippen LogP contribution < -0.4 is 10.1 Å². The molecule has 1 saturated heterocycles. The van der Waals surface area contributed by atoms with Gasteiger partial charge in [-0.2, -0.15) is 0 Å². The topological polar surface area (TPSA) is 74.2 Å². The molecule has 2 aliphatic rings. The molecule has 1 N–H and O–H groups in total. The van der Waals surface area contributed by atoms with E-state index in [0.29, 0.717) is 32.1 Å². The molecule has 3 aromatic rings. The first kappa shape index (κ1) is 25.5. The van der Waals surface area contributed by atoms with E-state index >= 15 is 0 Å². The van der Waals surface area contributed by atoms with E-state index in [9.17, 15) is 9.59 Å². The predicted octanol–water partition coefficient (Wildman–Crippen LogP) is 5.20. The summed E-state index contributed by atoms with van der Waals surface area (Å²) >= 11 is 0. The van der Waals surface area contributed by atoms with Crippen LogP contribution in [0.5, 0.6) is 5.75 Å². The number of carbonyl (C=O) groups excluding carboxylic acids is 2. The van der Waals surface area contributed by atoms with Crippen LogP contribution in [0, 0.1) is 0 Å². The second kappa shape index (κ2) is 11.9. The summed E-state index contributed by atoms with van der Waals surface area (Å²) in [6.07, 6.45) is 4.31. The third-order valence-electron chi connectivity index (χ3n) is 7.09. The molecule has 7 nitrogen and oxygen atoms in total. The van der Waals surface area contributed by atoms with Gasteiger partial charge in [0.05, 0.1) is 18.3 Å². The number of aliphatic imine (C=N–C) groups is 1. The fourth-order valence-electron chi connectivity index (χ4n) is 5.06. The highest BCUT2D eigenvalue weighted by Crippen LogP contribution is 2.31. The molecule has 196 valence electrons. The van der Waals surface area contributed by atoms with Crippen LogP contribution in [0.2, 0.25) is 0 Å². The summed E-state index contributed by atoms with van der Waals surface area (Å²) in [5, 5.41) is 2.79. The molecular formula is C31H34N4O3. The Morgan fingerprint density at radius 3 is 2.34 bits per heavy atom. The van der Waals surface area contributed by atoms with Gasteiger partial charge in [0.15, 0.2) is 0 Å². The second-order valence-electron chi connectivity index (χ2n) is 9.87. The molecule has 0 aliphatic carbocycles. The minimum absolute atomic E-state index is 0.0198. The van der Waals surface area contributed by atoms with Crippen molar-refractivity contribution in [3.05, 3.63) is 95.6 Å². The van der Waals surface area contributed by atoms with Crippen LogP contribution in [-0.2, 0) is 16.1 Å². The first-order valence-electron chi connectivity index (χ1n) is 13.3. The Bertz CT molecular complexity index is 1250. The van der Waals surface area contributed by atoms with Gasteiger partial charge in [-0.15, -0.1) is 0 Å². The van der Waals surface area contributed by atoms with Gasteiger partial charge in [0.25, 0.3) is 0 Å². The van der Waals surface area contributed by atoms with Crippen LogP contribution in [0.15, 0.2) is 83.9 Å². The van der Waals surface area contributed by atoms with Crippen LogP contribution in [-0.4, -0.2) is 47.8 Å². The maximum atomic E-state index is 13.1. The van der Waals surface area contributed by atoms with Crippen molar-refractivity contribution in [2.24, 2.45) is 4.99 Å². The van der Waals surface area contributed by atoms with Gasteiger partial charge < -0.3 is 14.5 Å². The first-order valence-corrected chi connectivity index (χ1v) is 13.3. The summed E-state index contributed by atoms with van der Waals surface area (Å²) in [7, 11) is 1.91. The van der Waals surface area contributed by atoms with Crippen molar-refractivity contribution in [1.82, 2.24) is 15.1 Å². The molecule has 0 atom stereocenters. The van der Waals surface area contributed by atoms with Crippen molar-refractivity contribution in [2.45, 2.75) is 44.7 Å². The summed E-state index contributed by atoms with van der Waals surface area (Å²) in [5.41, 5.74) is 4.17. The smallest absolute Gasteiger partial charge is 0.246 e. The molecule has 2 heterocycles. The maximum Gasteiger partial charge on any atom is 0.246 e. The van der Waals surface area contributed by atoms with Crippen LogP contribution in [0.1, 0.15) is 54.8 Å². The number of nitrogens with one attached hydrogen (secondary N) is 1. The minimum atomic E-state index is -0.0898. The Hall–Kier alpha value is -4.13. The summed E-state index contributed by atoms with van der Waals surface area (Å²) < 4.78 is 5.95. The molecule has 5 rings (SSSR count). The number of ether oxygens (including phenoxy) is 1. The first-order chi connectivity index (χ1) is 18.6. The number of unbranched alkanes of at least 4 members (excludes halogenated alkanes) is 3. The zero-order valence-corrected chi connectivity index (χ0v) is 21.8. The Morgan fingerprint density at radius 2 is 1.63 bits per heavy atom. The van der Waals surface area contributed by atoms with Crippen molar-refractivity contribution in [3.63, 3.8) is 0 Å². The van der Waals surface area contributed by atoms with Gasteiger partial charge in [0, 0.05) is 26.1 Å². The van der Waals surface area contributed by atoms with Gasteiger partial charge >= 0.3 is 0 Å². The van der Waals surface area contributed by atoms with Gasteiger partial charge in [-0.3, -0.25) is 14.9 Å². The summed E-state index contributed by atoms with van der Waals surface area (Å²) in [6, 6.07) is 26.2. The number of hydrogen-bond donors (Lipinski definition) is 1. The molecule has 0 unspecified atom stereocenters. The molecule has 0 spiro atoms. The van der Waals surface area contributed by atoms with E-state index in [1.54, 1.807) is 0 Å². The maximum absolute atomic E-state index is 13.1. The van der Waals surface area contributed by atoms with Crippen molar-refractivity contribution in [3.8, 4) is 5.75 Å². The molecule has 1 fully saturated rings. The Kier molecular flexibility index (Phi) is 8.02. The highest BCUT2D eigenvalue weighted by molar-refractivity contribution is 6.05. The Morgan fingerprint density at radius 1 is 0.947 bits per heavy atom. The lowest BCUT2D eigenvalue weighted by Crippen LogP contribution is -2.31. The average molecular weight is 511 g/mol. The SMILES string of the molecule is CN(C(=O)CCCCCCOc1ccc2c(c1)N=C1NC(=O)CN1C2)C(c1ccccc1)c1ccccc1. The highest BCUT2D eigenvalue weighted by Gasteiger charge is 2.29. The van der Waals surface area contributed by atoms with E-state index in [1.807, 2.05) is 71.4 Å². The Balaban J connectivity index is 1.05. The van der Waals surface area contributed by atoms with Crippen molar-refractivity contribution in [1.29, 1.82) is 0 Å². The lowest BCUT2D eigenvalue weighted by Gasteiger charge is -2.29. The summed E-state index contributed by atoms with van der Waals surface area (Å²) in [4.78, 5) is 33.1. The number of fused-ring (bicyclic) bond motifs is 2.